The first kappa shape index (κ1) is 9.44. The summed E-state index contributed by atoms with van der Waals surface area (Å²) in [6, 6.07) is 0.391. The second-order valence-electron chi connectivity index (χ2n) is 4.59. The Labute approximate surface area is 80.2 Å². The molecule has 0 amide bonds. The second-order valence-corrected chi connectivity index (χ2v) is 4.59. The fourth-order valence-electron chi connectivity index (χ4n) is 2.34. The lowest BCUT2D eigenvalue weighted by Gasteiger charge is -2.18. The molecule has 2 fully saturated rings. The van der Waals surface area contributed by atoms with Gasteiger partial charge in [0.05, 0.1) is 6.61 Å². The van der Waals surface area contributed by atoms with Crippen LogP contribution in [0.3, 0.4) is 0 Å². The topological polar surface area (TPSA) is 38.5 Å². The molecule has 2 aliphatic heterocycles. The van der Waals surface area contributed by atoms with E-state index in [0.29, 0.717) is 12.0 Å². The molecular weight excluding hydrogens is 164 g/mol. The summed E-state index contributed by atoms with van der Waals surface area (Å²) >= 11 is 0. The molecule has 0 saturated carbocycles. The average Bonchev–Trinajstić information content (AvgIpc) is 2.64. The Morgan fingerprint density at radius 3 is 2.85 bits per heavy atom. The van der Waals surface area contributed by atoms with Crippen molar-refractivity contribution in [2.45, 2.75) is 19.4 Å². The van der Waals surface area contributed by atoms with Crippen LogP contribution in [-0.4, -0.2) is 43.8 Å². The number of nitrogens with two attached hydrogens (primary N) is 1. The lowest BCUT2D eigenvalue weighted by molar-refractivity contribution is 0.173. The molecule has 0 aromatic rings. The molecule has 2 heterocycles. The Morgan fingerprint density at radius 2 is 2.31 bits per heavy atom. The predicted octanol–water partition coefficient (Wildman–Crippen LogP) is 0.302. The van der Waals surface area contributed by atoms with Gasteiger partial charge in [-0.15, -0.1) is 0 Å². The van der Waals surface area contributed by atoms with Crippen molar-refractivity contribution in [3.63, 3.8) is 0 Å². The molecule has 3 heteroatoms. The van der Waals surface area contributed by atoms with E-state index in [-0.39, 0.29) is 0 Å². The third-order valence-corrected chi connectivity index (χ3v) is 3.29. The molecule has 0 aromatic heterocycles. The molecule has 0 spiro atoms. The van der Waals surface area contributed by atoms with E-state index in [4.69, 9.17) is 10.5 Å². The van der Waals surface area contributed by atoms with Crippen molar-refractivity contribution in [1.29, 1.82) is 0 Å². The van der Waals surface area contributed by atoms with Crippen LogP contribution in [0.4, 0.5) is 0 Å². The Hall–Kier alpha value is -0.120. The predicted molar refractivity (Wildman–Crippen MR) is 52.5 cm³/mol. The van der Waals surface area contributed by atoms with Gasteiger partial charge in [-0.05, 0) is 18.3 Å². The van der Waals surface area contributed by atoms with Gasteiger partial charge in [-0.1, -0.05) is 6.92 Å². The van der Waals surface area contributed by atoms with Gasteiger partial charge in [0.25, 0.3) is 0 Å². The Balaban J connectivity index is 1.76. The van der Waals surface area contributed by atoms with Gasteiger partial charge in [0.1, 0.15) is 0 Å². The SMILES string of the molecule is CC1CN(CC2CCOC2)CC1N. The van der Waals surface area contributed by atoms with E-state index >= 15 is 0 Å². The number of hydrogen-bond acceptors (Lipinski definition) is 3. The zero-order chi connectivity index (χ0) is 9.26. The average molecular weight is 184 g/mol. The molecule has 0 radical (unpaired) electrons. The summed E-state index contributed by atoms with van der Waals surface area (Å²) in [7, 11) is 0. The summed E-state index contributed by atoms with van der Waals surface area (Å²) in [6.45, 7) is 7.61. The zero-order valence-electron chi connectivity index (χ0n) is 8.41. The van der Waals surface area contributed by atoms with E-state index in [1.54, 1.807) is 0 Å². The van der Waals surface area contributed by atoms with Gasteiger partial charge in [0.2, 0.25) is 0 Å². The van der Waals surface area contributed by atoms with Crippen molar-refractivity contribution in [3.05, 3.63) is 0 Å². The van der Waals surface area contributed by atoms with Crippen molar-refractivity contribution < 1.29 is 4.74 Å². The fraction of sp³-hybridized carbons (Fsp3) is 1.00. The maximum absolute atomic E-state index is 5.97. The third kappa shape index (κ3) is 2.22. The van der Waals surface area contributed by atoms with E-state index in [1.807, 2.05) is 0 Å². The van der Waals surface area contributed by atoms with Crippen LogP contribution in [0.5, 0.6) is 0 Å². The number of nitrogens with zero attached hydrogens (tertiary/aromatic N) is 1. The highest BCUT2D eigenvalue weighted by Crippen LogP contribution is 2.19. The minimum Gasteiger partial charge on any atom is -0.381 e. The third-order valence-electron chi connectivity index (χ3n) is 3.29. The molecule has 2 rings (SSSR count). The van der Waals surface area contributed by atoms with E-state index in [9.17, 15) is 0 Å². The van der Waals surface area contributed by atoms with Gasteiger partial charge in [-0.3, -0.25) is 0 Å². The minimum absolute atomic E-state index is 0.391. The van der Waals surface area contributed by atoms with Gasteiger partial charge >= 0.3 is 0 Å². The monoisotopic (exact) mass is 184 g/mol. The van der Waals surface area contributed by atoms with Crippen LogP contribution in [0.25, 0.3) is 0 Å². The number of ether oxygens (including phenoxy) is 1. The quantitative estimate of drug-likeness (QED) is 0.671. The zero-order valence-corrected chi connectivity index (χ0v) is 8.41. The number of likely N-dealkylation sites (tertiary alicyclic amines) is 1. The highest BCUT2D eigenvalue weighted by molar-refractivity contribution is 4.85. The molecular formula is C10H20N2O. The first-order valence-corrected chi connectivity index (χ1v) is 5.31. The molecule has 13 heavy (non-hydrogen) atoms. The molecule has 3 unspecified atom stereocenters. The molecule has 2 saturated heterocycles. The largest absolute Gasteiger partial charge is 0.381 e. The fourth-order valence-corrected chi connectivity index (χ4v) is 2.34. The van der Waals surface area contributed by atoms with Gasteiger partial charge < -0.3 is 15.4 Å². The van der Waals surface area contributed by atoms with Gasteiger partial charge in [-0.2, -0.15) is 0 Å². The van der Waals surface area contributed by atoms with Gasteiger partial charge in [-0.25, -0.2) is 0 Å². The van der Waals surface area contributed by atoms with Crippen molar-refractivity contribution in [2.75, 3.05) is 32.8 Å². The summed E-state index contributed by atoms with van der Waals surface area (Å²) in [5, 5.41) is 0. The first-order chi connectivity index (χ1) is 6.25. The van der Waals surface area contributed by atoms with Crippen molar-refractivity contribution in [2.24, 2.45) is 17.6 Å². The summed E-state index contributed by atoms with van der Waals surface area (Å²) in [5.41, 5.74) is 5.97. The van der Waals surface area contributed by atoms with Crippen molar-refractivity contribution >= 4 is 0 Å². The molecule has 0 aromatic carbocycles. The van der Waals surface area contributed by atoms with E-state index in [2.05, 4.69) is 11.8 Å². The summed E-state index contributed by atoms with van der Waals surface area (Å²) in [4.78, 5) is 2.49. The standard InChI is InChI=1S/C10H20N2O/c1-8-4-12(6-10(8)11)5-9-2-3-13-7-9/h8-10H,2-7,11H2,1H3. The van der Waals surface area contributed by atoms with Crippen LogP contribution in [0.15, 0.2) is 0 Å². The Morgan fingerprint density at radius 1 is 1.46 bits per heavy atom. The number of hydrogen-bond donors (Lipinski definition) is 1. The molecule has 2 aliphatic rings. The Bertz CT molecular complexity index is 158. The van der Waals surface area contributed by atoms with Crippen LogP contribution in [0.2, 0.25) is 0 Å². The first-order valence-electron chi connectivity index (χ1n) is 5.31. The maximum atomic E-state index is 5.97. The lowest BCUT2D eigenvalue weighted by Crippen LogP contribution is -2.31. The summed E-state index contributed by atoms with van der Waals surface area (Å²) < 4.78 is 5.36. The summed E-state index contributed by atoms with van der Waals surface area (Å²) in [5.74, 6) is 1.43. The van der Waals surface area contributed by atoms with Crippen LogP contribution in [0, 0.1) is 11.8 Å². The summed E-state index contributed by atoms with van der Waals surface area (Å²) in [6.07, 6.45) is 1.24. The highest BCUT2D eigenvalue weighted by atomic mass is 16.5. The molecule has 76 valence electrons. The van der Waals surface area contributed by atoms with E-state index < -0.39 is 0 Å². The molecule has 3 nitrogen and oxygen atoms in total. The number of rotatable bonds is 2. The molecule has 0 bridgehead atoms. The van der Waals surface area contributed by atoms with Gasteiger partial charge in [0.15, 0.2) is 0 Å². The van der Waals surface area contributed by atoms with Crippen LogP contribution in [0.1, 0.15) is 13.3 Å². The van der Waals surface area contributed by atoms with E-state index in [1.165, 1.54) is 19.5 Å². The van der Waals surface area contributed by atoms with E-state index in [0.717, 1.165) is 25.7 Å². The highest BCUT2D eigenvalue weighted by Gasteiger charge is 2.28. The Kier molecular flexibility index (Phi) is 2.86. The lowest BCUT2D eigenvalue weighted by atomic mass is 10.1. The second kappa shape index (κ2) is 3.95. The maximum Gasteiger partial charge on any atom is 0.0507 e. The molecule has 0 aliphatic carbocycles. The van der Waals surface area contributed by atoms with Crippen molar-refractivity contribution in [3.8, 4) is 0 Å². The molecule has 3 atom stereocenters. The van der Waals surface area contributed by atoms with Crippen LogP contribution in [-0.2, 0) is 4.74 Å². The van der Waals surface area contributed by atoms with Crippen molar-refractivity contribution in [1.82, 2.24) is 4.90 Å². The normalized spacial score (nSPS) is 41.5. The van der Waals surface area contributed by atoms with Crippen LogP contribution >= 0.6 is 0 Å². The smallest absolute Gasteiger partial charge is 0.0507 e. The van der Waals surface area contributed by atoms with Gasteiger partial charge in [0, 0.05) is 32.3 Å². The molecule has 2 N–H and O–H groups in total. The minimum atomic E-state index is 0.391. The van der Waals surface area contributed by atoms with Crippen LogP contribution < -0.4 is 5.73 Å².